The van der Waals surface area contributed by atoms with Crippen molar-refractivity contribution < 1.29 is 0 Å². The highest BCUT2D eigenvalue weighted by Gasteiger charge is 2.24. The molecule has 1 aromatic carbocycles. The quantitative estimate of drug-likeness (QED) is 0.627. The second kappa shape index (κ2) is 8.79. The minimum Gasteiger partial charge on any atom is -0.355 e. The third kappa shape index (κ3) is 5.02. The molecule has 22 heavy (non-hydrogen) atoms. The molecule has 2 atom stereocenters. The van der Waals surface area contributed by atoms with Crippen LogP contribution in [0.1, 0.15) is 38.7 Å². The highest BCUT2D eigenvalue weighted by molar-refractivity contribution is 5.79. The minimum atomic E-state index is 0.454. The van der Waals surface area contributed by atoms with Crippen LogP contribution in [0.2, 0.25) is 0 Å². The third-order valence-corrected chi connectivity index (χ3v) is 4.45. The fourth-order valence-electron chi connectivity index (χ4n) is 2.90. The van der Waals surface area contributed by atoms with Gasteiger partial charge in [-0.15, -0.1) is 0 Å². The average Bonchev–Trinajstić information content (AvgIpc) is 2.99. The molecule has 2 N–H and O–H groups in total. The van der Waals surface area contributed by atoms with Crippen molar-refractivity contribution in [3.8, 4) is 0 Å². The summed E-state index contributed by atoms with van der Waals surface area (Å²) in [6.07, 6.45) is 3.65. The fraction of sp³-hybridized carbons (Fsp3) is 0.611. The van der Waals surface area contributed by atoms with E-state index in [-0.39, 0.29) is 0 Å². The molecule has 0 bridgehead atoms. The summed E-state index contributed by atoms with van der Waals surface area (Å²) in [7, 11) is 1.84. The number of guanidine groups is 1. The molecular formula is C18H30N4. The lowest BCUT2D eigenvalue weighted by Crippen LogP contribution is -2.47. The van der Waals surface area contributed by atoms with Crippen molar-refractivity contribution in [2.75, 3.05) is 20.1 Å². The van der Waals surface area contributed by atoms with E-state index in [1.54, 1.807) is 0 Å². The van der Waals surface area contributed by atoms with Crippen molar-refractivity contribution in [2.24, 2.45) is 4.99 Å². The SMILES string of the molecule is CCC(C)NC(=NC)NCC1CCCN1Cc1ccccc1. The number of aliphatic imine (C=N–C) groups is 1. The van der Waals surface area contributed by atoms with E-state index in [4.69, 9.17) is 0 Å². The topological polar surface area (TPSA) is 39.7 Å². The number of nitrogens with zero attached hydrogens (tertiary/aromatic N) is 2. The molecule has 1 aliphatic heterocycles. The van der Waals surface area contributed by atoms with E-state index in [2.05, 4.69) is 64.7 Å². The van der Waals surface area contributed by atoms with Crippen molar-refractivity contribution in [2.45, 2.75) is 51.7 Å². The van der Waals surface area contributed by atoms with Gasteiger partial charge < -0.3 is 10.6 Å². The van der Waals surface area contributed by atoms with Crippen molar-refractivity contribution in [3.63, 3.8) is 0 Å². The Bertz CT molecular complexity index is 457. The predicted octanol–water partition coefficient (Wildman–Crippen LogP) is 2.61. The number of rotatable bonds is 6. The van der Waals surface area contributed by atoms with Crippen LogP contribution in [0.3, 0.4) is 0 Å². The molecule has 2 rings (SSSR count). The lowest BCUT2D eigenvalue weighted by molar-refractivity contribution is 0.245. The van der Waals surface area contributed by atoms with E-state index in [1.807, 2.05) is 7.05 Å². The molecule has 0 aromatic heterocycles. The van der Waals surface area contributed by atoms with Crippen LogP contribution in [0.15, 0.2) is 35.3 Å². The molecule has 0 spiro atoms. The molecule has 0 radical (unpaired) electrons. The number of nitrogens with one attached hydrogen (secondary N) is 2. The van der Waals surface area contributed by atoms with Gasteiger partial charge in [0, 0.05) is 32.2 Å². The zero-order valence-corrected chi connectivity index (χ0v) is 14.2. The van der Waals surface area contributed by atoms with Crippen LogP contribution < -0.4 is 10.6 Å². The van der Waals surface area contributed by atoms with E-state index in [9.17, 15) is 0 Å². The van der Waals surface area contributed by atoms with Crippen molar-refractivity contribution in [3.05, 3.63) is 35.9 Å². The molecule has 2 unspecified atom stereocenters. The van der Waals surface area contributed by atoms with Gasteiger partial charge >= 0.3 is 0 Å². The monoisotopic (exact) mass is 302 g/mol. The summed E-state index contributed by atoms with van der Waals surface area (Å²) in [5.41, 5.74) is 1.40. The maximum absolute atomic E-state index is 4.32. The summed E-state index contributed by atoms with van der Waals surface area (Å²) in [4.78, 5) is 6.90. The van der Waals surface area contributed by atoms with Gasteiger partial charge in [0.1, 0.15) is 0 Å². The van der Waals surface area contributed by atoms with Gasteiger partial charge in [-0.25, -0.2) is 0 Å². The molecule has 4 heteroatoms. The Kier molecular flexibility index (Phi) is 6.72. The van der Waals surface area contributed by atoms with E-state index >= 15 is 0 Å². The zero-order chi connectivity index (χ0) is 15.8. The molecule has 4 nitrogen and oxygen atoms in total. The molecule has 1 fully saturated rings. The first-order valence-corrected chi connectivity index (χ1v) is 8.48. The van der Waals surface area contributed by atoms with Gasteiger partial charge in [0.15, 0.2) is 5.96 Å². The first-order chi connectivity index (χ1) is 10.7. The van der Waals surface area contributed by atoms with E-state index in [1.165, 1.54) is 24.9 Å². The number of benzene rings is 1. The maximum Gasteiger partial charge on any atom is 0.191 e. The Balaban J connectivity index is 1.83. The third-order valence-electron chi connectivity index (χ3n) is 4.45. The Labute approximate surface area is 135 Å². The second-order valence-corrected chi connectivity index (χ2v) is 6.16. The largest absolute Gasteiger partial charge is 0.355 e. The predicted molar refractivity (Wildman–Crippen MR) is 94.1 cm³/mol. The first-order valence-electron chi connectivity index (χ1n) is 8.48. The zero-order valence-electron chi connectivity index (χ0n) is 14.2. The van der Waals surface area contributed by atoms with Crippen LogP contribution in [-0.4, -0.2) is 43.1 Å². The maximum atomic E-state index is 4.32. The summed E-state index contributed by atoms with van der Waals surface area (Å²) in [5.74, 6) is 0.918. The standard InChI is InChI=1S/C18H30N4/c1-4-15(2)21-18(19-3)20-13-17-11-8-12-22(17)14-16-9-6-5-7-10-16/h5-7,9-10,15,17H,4,8,11-14H2,1-3H3,(H2,19,20,21). The highest BCUT2D eigenvalue weighted by Crippen LogP contribution is 2.19. The summed E-state index contributed by atoms with van der Waals surface area (Å²) < 4.78 is 0. The lowest BCUT2D eigenvalue weighted by Gasteiger charge is -2.26. The summed E-state index contributed by atoms with van der Waals surface area (Å²) in [6, 6.07) is 11.8. The van der Waals surface area contributed by atoms with Crippen molar-refractivity contribution in [1.29, 1.82) is 0 Å². The van der Waals surface area contributed by atoms with Gasteiger partial charge in [0.25, 0.3) is 0 Å². The Morgan fingerprint density at radius 3 is 2.82 bits per heavy atom. The van der Waals surface area contributed by atoms with Gasteiger partial charge in [-0.1, -0.05) is 37.3 Å². The average molecular weight is 302 g/mol. The number of hydrogen-bond donors (Lipinski definition) is 2. The first kappa shape index (κ1) is 16.8. The molecule has 1 saturated heterocycles. The smallest absolute Gasteiger partial charge is 0.191 e. The summed E-state index contributed by atoms with van der Waals surface area (Å²) in [5, 5.41) is 6.91. The molecular weight excluding hydrogens is 272 g/mol. The fourth-order valence-corrected chi connectivity index (χ4v) is 2.90. The Hall–Kier alpha value is -1.55. The van der Waals surface area contributed by atoms with Crippen LogP contribution in [-0.2, 0) is 6.54 Å². The molecule has 1 aliphatic rings. The van der Waals surface area contributed by atoms with Gasteiger partial charge in [-0.05, 0) is 38.3 Å². The van der Waals surface area contributed by atoms with Crippen LogP contribution >= 0.6 is 0 Å². The lowest BCUT2D eigenvalue weighted by atomic mass is 10.2. The van der Waals surface area contributed by atoms with Crippen LogP contribution in [0, 0.1) is 0 Å². The summed E-state index contributed by atoms with van der Waals surface area (Å²) >= 11 is 0. The second-order valence-electron chi connectivity index (χ2n) is 6.16. The van der Waals surface area contributed by atoms with Crippen LogP contribution in [0.25, 0.3) is 0 Å². The summed E-state index contributed by atoms with van der Waals surface area (Å²) in [6.45, 7) is 7.57. The molecule has 122 valence electrons. The van der Waals surface area contributed by atoms with Crippen LogP contribution in [0.4, 0.5) is 0 Å². The molecule has 1 heterocycles. The number of likely N-dealkylation sites (tertiary alicyclic amines) is 1. The van der Waals surface area contributed by atoms with Crippen LogP contribution in [0.5, 0.6) is 0 Å². The van der Waals surface area contributed by atoms with Gasteiger partial charge in [0.05, 0.1) is 0 Å². The van der Waals surface area contributed by atoms with Gasteiger partial charge in [-0.2, -0.15) is 0 Å². The Morgan fingerprint density at radius 2 is 2.14 bits per heavy atom. The van der Waals surface area contributed by atoms with Crippen molar-refractivity contribution >= 4 is 5.96 Å². The van der Waals surface area contributed by atoms with E-state index in [0.29, 0.717) is 12.1 Å². The molecule has 0 amide bonds. The number of hydrogen-bond acceptors (Lipinski definition) is 2. The van der Waals surface area contributed by atoms with E-state index in [0.717, 1.165) is 25.5 Å². The molecule has 1 aromatic rings. The molecule has 0 aliphatic carbocycles. The van der Waals surface area contributed by atoms with Crippen molar-refractivity contribution in [1.82, 2.24) is 15.5 Å². The van der Waals surface area contributed by atoms with E-state index < -0.39 is 0 Å². The molecule has 0 saturated carbocycles. The normalized spacial score (nSPS) is 20.9. The van der Waals surface area contributed by atoms with Gasteiger partial charge in [0.2, 0.25) is 0 Å². The van der Waals surface area contributed by atoms with Gasteiger partial charge in [-0.3, -0.25) is 9.89 Å². The minimum absolute atomic E-state index is 0.454. The Morgan fingerprint density at radius 1 is 1.36 bits per heavy atom. The highest BCUT2D eigenvalue weighted by atomic mass is 15.2.